The number of hydrogen-bond donors (Lipinski definition) is 3. The van der Waals surface area contributed by atoms with Crippen molar-refractivity contribution in [3.63, 3.8) is 0 Å². The van der Waals surface area contributed by atoms with Crippen molar-refractivity contribution in [2.24, 2.45) is 0 Å². The summed E-state index contributed by atoms with van der Waals surface area (Å²) in [5, 5.41) is 21.3. The number of nitrogens with one attached hydrogen (secondary N) is 3. The number of hydrogen-bond acceptors (Lipinski definition) is 9. The van der Waals surface area contributed by atoms with Crippen molar-refractivity contribution in [2.45, 2.75) is 83.7 Å². The smallest absolute Gasteiger partial charge is 0.367 e. The average molecular weight is 696 g/mol. The number of halogens is 3. The van der Waals surface area contributed by atoms with E-state index in [2.05, 4.69) is 65.4 Å². The first-order valence-electron chi connectivity index (χ1n) is 17.1. The fraction of sp³-hybridized carbons (Fsp3) is 0.543. The molecule has 0 unspecified atom stereocenters. The predicted octanol–water partition coefficient (Wildman–Crippen LogP) is 6.04. The lowest BCUT2D eigenvalue weighted by atomic mass is 10.0. The number of thiophene rings is 1. The van der Waals surface area contributed by atoms with Gasteiger partial charge in [0, 0.05) is 87.1 Å². The van der Waals surface area contributed by atoms with E-state index in [1.165, 1.54) is 11.1 Å². The molecule has 2 saturated heterocycles. The third-order valence-corrected chi connectivity index (χ3v) is 10.9. The number of piperidine rings is 2. The van der Waals surface area contributed by atoms with Crippen molar-refractivity contribution < 1.29 is 18.0 Å². The zero-order chi connectivity index (χ0) is 34.7. The van der Waals surface area contributed by atoms with E-state index in [9.17, 15) is 23.2 Å². The van der Waals surface area contributed by atoms with Crippen LogP contribution in [0.4, 0.5) is 24.9 Å². The molecule has 5 heterocycles. The van der Waals surface area contributed by atoms with E-state index in [0.29, 0.717) is 34.1 Å². The zero-order valence-electron chi connectivity index (χ0n) is 28.3. The SMILES string of the molecule is CCC(=O)NC1CCN(CCn2c(C#N)cc3c(C)c(CN4CCC(Nc5nc(NC)nc6sc(CC(F)(F)F)cc56)CC4)ccc32)CC1. The molecular weight excluding hydrogens is 652 g/mol. The number of aryl methyl sites for hydroxylation is 1. The van der Waals surface area contributed by atoms with E-state index < -0.39 is 12.6 Å². The monoisotopic (exact) mass is 695 g/mol. The number of nitriles is 1. The molecule has 1 aromatic carbocycles. The molecule has 49 heavy (non-hydrogen) atoms. The number of alkyl halides is 3. The number of anilines is 2. The van der Waals surface area contributed by atoms with Crippen LogP contribution in [0.15, 0.2) is 24.3 Å². The fourth-order valence-electron chi connectivity index (χ4n) is 7.05. The van der Waals surface area contributed by atoms with Crippen molar-refractivity contribution >= 4 is 50.1 Å². The number of fused-ring (bicyclic) bond motifs is 2. The van der Waals surface area contributed by atoms with Crippen LogP contribution in [-0.2, 0) is 24.3 Å². The molecule has 0 atom stereocenters. The van der Waals surface area contributed by atoms with E-state index in [0.717, 1.165) is 93.7 Å². The normalized spacial score (nSPS) is 17.1. The van der Waals surface area contributed by atoms with Gasteiger partial charge in [0.05, 0.1) is 11.8 Å². The van der Waals surface area contributed by atoms with Crippen LogP contribution >= 0.6 is 11.3 Å². The number of carbonyl (C=O) groups is 1. The van der Waals surface area contributed by atoms with Crippen LogP contribution in [0.1, 0.15) is 60.7 Å². The van der Waals surface area contributed by atoms with Crippen LogP contribution in [0.2, 0.25) is 0 Å². The van der Waals surface area contributed by atoms with Crippen molar-refractivity contribution in [2.75, 3.05) is 50.4 Å². The summed E-state index contributed by atoms with van der Waals surface area (Å²) in [5.74, 6) is 1.06. The molecule has 6 rings (SSSR count). The van der Waals surface area contributed by atoms with Gasteiger partial charge in [-0.2, -0.15) is 23.4 Å². The molecule has 0 aliphatic carbocycles. The van der Waals surface area contributed by atoms with E-state index in [-0.39, 0.29) is 22.9 Å². The number of benzene rings is 1. The topological polar surface area (TPSA) is 114 Å². The highest BCUT2D eigenvalue weighted by atomic mass is 32.1. The average Bonchev–Trinajstić information content (AvgIpc) is 3.66. The molecule has 1 amide bonds. The Hall–Kier alpha value is -3.93. The molecule has 3 aromatic heterocycles. The van der Waals surface area contributed by atoms with Gasteiger partial charge < -0.3 is 25.4 Å². The lowest BCUT2D eigenvalue weighted by Gasteiger charge is -2.33. The first kappa shape index (κ1) is 34.9. The van der Waals surface area contributed by atoms with Crippen molar-refractivity contribution in [1.82, 2.24) is 29.7 Å². The molecule has 0 radical (unpaired) electrons. The lowest BCUT2D eigenvalue weighted by molar-refractivity contribution is -0.126. The van der Waals surface area contributed by atoms with E-state index in [1.54, 1.807) is 13.1 Å². The molecule has 3 N–H and O–H groups in total. The molecule has 0 bridgehead atoms. The molecule has 14 heteroatoms. The highest BCUT2D eigenvalue weighted by Crippen LogP contribution is 2.35. The minimum absolute atomic E-state index is 0.111. The van der Waals surface area contributed by atoms with Gasteiger partial charge in [-0.3, -0.25) is 9.69 Å². The Balaban J connectivity index is 1.06. The van der Waals surface area contributed by atoms with Crippen molar-refractivity contribution in [3.8, 4) is 6.07 Å². The summed E-state index contributed by atoms with van der Waals surface area (Å²) in [7, 11) is 1.70. The van der Waals surface area contributed by atoms with Gasteiger partial charge in [0.1, 0.15) is 22.4 Å². The molecule has 0 spiro atoms. The first-order valence-corrected chi connectivity index (χ1v) is 17.9. The molecular formula is C35H44F3N9OS. The van der Waals surface area contributed by atoms with E-state index >= 15 is 0 Å². The highest BCUT2D eigenvalue weighted by Gasteiger charge is 2.30. The van der Waals surface area contributed by atoms with Crippen LogP contribution in [-0.4, -0.2) is 88.3 Å². The maximum absolute atomic E-state index is 13.1. The van der Waals surface area contributed by atoms with Crippen LogP contribution in [0.3, 0.4) is 0 Å². The first-order chi connectivity index (χ1) is 23.5. The molecule has 0 saturated carbocycles. The Morgan fingerprint density at radius 2 is 1.73 bits per heavy atom. The molecule has 2 aliphatic rings. The minimum Gasteiger partial charge on any atom is -0.367 e. The highest BCUT2D eigenvalue weighted by molar-refractivity contribution is 7.18. The predicted molar refractivity (Wildman–Crippen MR) is 188 cm³/mol. The number of amides is 1. The number of likely N-dealkylation sites (tertiary alicyclic amines) is 2. The Kier molecular flexibility index (Phi) is 10.6. The van der Waals surface area contributed by atoms with Crippen LogP contribution in [0.25, 0.3) is 21.1 Å². The molecule has 2 fully saturated rings. The van der Waals surface area contributed by atoms with Crippen LogP contribution < -0.4 is 16.0 Å². The maximum Gasteiger partial charge on any atom is 0.393 e. The van der Waals surface area contributed by atoms with Gasteiger partial charge in [0.25, 0.3) is 0 Å². The standard InChI is InChI=1S/C35H44F3N9OS/c1-4-31(48)41-24-7-11-45(12-8-24)15-16-47-26(20-39)17-28-22(2)23(5-6-30(28)47)21-46-13-9-25(10-14-46)42-32-29-18-27(19-35(36,37)38)49-33(29)44-34(40-3)43-32/h5-6,17-18,24-25H,4,7-16,19,21H2,1-3H3,(H,41,48)(H2,40,42,43,44). The summed E-state index contributed by atoms with van der Waals surface area (Å²) in [4.78, 5) is 26.3. The Bertz CT molecular complexity index is 1830. The van der Waals surface area contributed by atoms with Gasteiger partial charge >= 0.3 is 6.18 Å². The van der Waals surface area contributed by atoms with Crippen LogP contribution in [0.5, 0.6) is 0 Å². The van der Waals surface area contributed by atoms with E-state index in [1.807, 2.05) is 13.0 Å². The second-order valence-electron chi connectivity index (χ2n) is 13.2. The van der Waals surface area contributed by atoms with Crippen LogP contribution in [0, 0.1) is 18.3 Å². The zero-order valence-corrected chi connectivity index (χ0v) is 29.1. The van der Waals surface area contributed by atoms with Gasteiger partial charge in [0.15, 0.2) is 0 Å². The third kappa shape index (κ3) is 8.28. The number of aromatic nitrogens is 3. The van der Waals surface area contributed by atoms with Gasteiger partial charge in [-0.15, -0.1) is 11.3 Å². The maximum atomic E-state index is 13.1. The number of nitrogens with zero attached hydrogens (tertiary/aromatic N) is 6. The Labute approximate surface area is 288 Å². The van der Waals surface area contributed by atoms with Crippen molar-refractivity contribution in [1.29, 1.82) is 5.26 Å². The summed E-state index contributed by atoms with van der Waals surface area (Å²) in [6.07, 6.45) is -1.10. The summed E-state index contributed by atoms with van der Waals surface area (Å²) in [6.45, 7) is 10.0. The number of rotatable bonds is 11. The Morgan fingerprint density at radius 1 is 1.02 bits per heavy atom. The third-order valence-electron chi connectivity index (χ3n) is 9.86. The molecule has 262 valence electrons. The molecule has 4 aromatic rings. The summed E-state index contributed by atoms with van der Waals surface area (Å²) in [5.41, 5.74) is 4.18. The van der Waals surface area contributed by atoms with Gasteiger partial charge in [0.2, 0.25) is 11.9 Å². The largest absolute Gasteiger partial charge is 0.393 e. The van der Waals surface area contributed by atoms with E-state index in [4.69, 9.17) is 0 Å². The number of carbonyl (C=O) groups excluding carboxylic acids is 1. The fourth-order valence-corrected chi connectivity index (χ4v) is 8.10. The summed E-state index contributed by atoms with van der Waals surface area (Å²) < 4.78 is 41.4. The quantitative estimate of drug-likeness (QED) is 0.174. The molecule has 10 nitrogen and oxygen atoms in total. The minimum atomic E-state index is -4.28. The van der Waals surface area contributed by atoms with Gasteiger partial charge in [-0.1, -0.05) is 13.0 Å². The molecule has 2 aliphatic heterocycles. The van der Waals surface area contributed by atoms with Gasteiger partial charge in [-0.25, -0.2) is 4.98 Å². The van der Waals surface area contributed by atoms with Crippen molar-refractivity contribution in [3.05, 3.63) is 46.0 Å². The second kappa shape index (κ2) is 14.9. The summed E-state index contributed by atoms with van der Waals surface area (Å²) >= 11 is 1.06. The summed E-state index contributed by atoms with van der Waals surface area (Å²) in [6, 6.07) is 10.7. The Morgan fingerprint density at radius 3 is 2.41 bits per heavy atom. The lowest BCUT2D eigenvalue weighted by Crippen LogP contribution is -2.45. The van der Waals surface area contributed by atoms with Gasteiger partial charge in [-0.05, 0) is 61.9 Å². The second-order valence-corrected chi connectivity index (χ2v) is 14.3.